The number of carboxylic acids is 1. The molecule has 0 aliphatic rings. The van der Waals surface area contributed by atoms with Crippen LogP contribution in [0, 0.1) is 0 Å². The van der Waals surface area contributed by atoms with Crippen LogP contribution < -0.4 is 5.32 Å². The van der Waals surface area contributed by atoms with E-state index in [-0.39, 0.29) is 12.3 Å². The second-order valence-corrected chi connectivity index (χ2v) is 5.24. The van der Waals surface area contributed by atoms with Gasteiger partial charge >= 0.3 is 5.97 Å². The minimum absolute atomic E-state index is 0.0770. The van der Waals surface area contributed by atoms with Gasteiger partial charge in [0.2, 0.25) is 0 Å². The van der Waals surface area contributed by atoms with E-state index in [4.69, 9.17) is 5.11 Å². The zero-order valence-corrected chi connectivity index (χ0v) is 12.3. The molecule has 1 aromatic rings. The van der Waals surface area contributed by atoms with Crippen LogP contribution in [0.25, 0.3) is 0 Å². The third-order valence-electron chi connectivity index (χ3n) is 2.69. The minimum atomic E-state index is -0.747. The normalized spacial score (nSPS) is 10.2. The number of halogens is 1. The summed E-state index contributed by atoms with van der Waals surface area (Å²) in [5.41, 5.74) is 0.639. The Balaban J connectivity index is 2.12. The number of amides is 1. The second kappa shape index (κ2) is 8.69. The fraction of sp³-hybridized carbons (Fsp3) is 0.429. The molecule has 5 heteroatoms. The molecule has 0 aliphatic carbocycles. The predicted molar refractivity (Wildman–Crippen MR) is 77.2 cm³/mol. The summed E-state index contributed by atoms with van der Waals surface area (Å²) in [5.74, 6) is -0.824. The molecule has 0 aromatic heterocycles. The molecule has 0 atom stereocenters. The molecule has 0 spiro atoms. The number of carbonyl (C=O) groups is 2. The van der Waals surface area contributed by atoms with E-state index in [2.05, 4.69) is 21.2 Å². The molecule has 0 fully saturated rings. The van der Waals surface area contributed by atoms with Gasteiger partial charge in [-0.15, -0.1) is 0 Å². The molecular formula is C14H18BrNO3. The van der Waals surface area contributed by atoms with Gasteiger partial charge in [0.05, 0.1) is 0 Å². The lowest BCUT2D eigenvalue weighted by Gasteiger charge is -2.05. The molecule has 1 aromatic carbocycles. The summed E-state index contributed by atoms with van der Waals surface area (Å²) < 4.78 is 0.883. The Bertz CT molecular complexity index is 434. The lowest BCUT2D eigenvalue weighted by atomic mass is 10.1. The van der Waals surface area contributed by atoms with Gasteiger partial charge in [-0.2, -0.15) is 0 Å². The van der Waals surface area contributed by atoms with E-state index in [9.17, 15) is 9.59 Å². The summed E-state index contributed by atoms with van der Waals surface area (Å²) in [6.45, 7) is 0.623. The average molecular weight is 328 g/mol. The van der Waals surface area contributed by atoms with Crippen molar-refractivity contribution in [2.24, 2.45) is 0 Å². The monoisotopic (exact) mass is 327 g/mol. The maximum atomic E-state index is 11.8. The number of rotatable bonds is 8. The molecule has 19 heavy (non-hydrogen) atoms. The fourth-order valence-corrected chi connectivity index (χ4v) is 2.09. The third-order valence-corrected chi connectivity index (χ3v) is 3.18. The number of unbranched alkanes of at least 4 members (excludes halogenated alkanes) is 3. The van der Waals surface area contributed by atoms with Gasteiger partial charge in [-0.1, -0.05) is 34.8 Å². The summed E-state index contributed by atoms with van der Waals surface area (Å²) in [5, 5.41) is 11.3. The number of nitrogens with one attached hydrogen (secondary N) is 1. The molecule has 4 nitrogen and oxygen atoms in total. The first-order valence-electron chi connectivity index (χ1n) is 6.35. The Kier molecular flexibility index (Phi) is 7.18. The topological polar surface area (TPSA) is 66.4 Å². The van der Waals surface area contributed by atoms with Crippen LogP contribution in [0.2, 0.25) is 0 Å². The van der Waals surface area contributed by atoms with Crippen molar-refractivity contribution in [1.29, 1.82) is 0 Å². The lowest BCUT2D eigenvalue weighted by molar-refractivity contribution is -0.137. The maximum Gasteiger partial charge on any atom is 0.303 e. The van der Waals surface area contributed by atoms with E-state index in [0.29, 0.717) is 18.5 Å². The van der Waals surface area contributed by atoms with Crippen LogP contribution in [0.1, 0.15) is 42.5 Å². The van der Waals surface area contributed by atoms with Gasteiger partial charge in [0.15, 0.2) is 0 Å². The summed E-state index contributed by atoms with van der Waals surface area (Å²) in [4.78, 5) is 22.1. The Morgan fingerprint density at radius 1 is 1.16 bits per heavy atom. The average Bonchev–Trinajstić information content (AvgIpc) is 2.37. The summed E-state index contributed by atoms with van der Waals surface area (Å²) in [6, 6.07) is 7.25. The van der Waals surface area contributed by atoms with E-state index in [0.717, 1.165) is 23.7 Å². The number of carboxylic acid groups (broad SMARTS) is 1. The third kappa shape index (κ3) is 6.96. The van der Waals surface area contributed by atoms with E-state index in [1.54, 1.807) is 12.1 Å². The van der Waals surface area contributed by atoms with E-state index in [1.807, 2.05) is 12.1 Å². The number of benzene rings is 1. The molecule has 1 rings (SSSR count). The van der Waals surface area contributed by atoms with Crippen LogP contribution in [-0.4, -0.2) is 23.5 Å². The summed E-state index contributed by atoms with van der Waals surface area (Å²) in [6.07, 6.45) is 3.63. The van der Waals surface area contributed by atoms with Crippen LogP contribution in [-0.2, 0) is 4.79 Å². The van der Waals surface area contributed by atoms with E-state index >= 15 is 0 Å². The predicted octanol–water partition coefficient (Wildman–Crippen LogP) is 3.21. The largest absolute Gasteiger partial charge is 0.481 e. The van der Waals surface area contributed by atoms with Gasteiger partial charge in [-0.05, 0) is 31.0 Å². The summed E-state index contributed by atoms with van der Waals surface area (Å²) in [7, 11) is 0. The molecule has 2 N–H and O–H groups in total. The first kappa shape index (κ1) is 15.7. The lowest BCUT2D eigenvalue weighted by Crippen LogP contribution is -2.24. The number of hydrogen-bond donors (Lipinski definition) is 2. The Morgan fingerprint density at radius 3 is 2.58 bits per heavy atom. The molecule has 104 valence electrons. The van der Waals surface area contributed by atoms with Gasteiger partial charge in [0, 0.05) is 23.0 Å². The van der Waals surface area contributed by atoms with Crippen molar-refractivity contribution in [2.75, 3.05) is 6.54 Å². The van der Waals surface area contributed by atoms with Crippen LogP contribution in [0.4, 0.5) is 0 Å². The van der Waals surface area contributed by atoms with Gasteiger partial charge in [-0.25, -0.2) is 0 Å². The molecule has 0 saturated carbocycles. The smallest absolute Gasteiger partial charge is 0.303 e. The van der Waals surface area contributed by atoms with Crippen molar-refractivity contribution in [3.63, 3.8) is 0 Å². The number of carbonyl (C=O) groups excluding carboxylic acids is 1. The second-order valence-electron chi connectivity index (χ2n) is 4.32. The SMILES string of the molecule is O=C(O)CCCCCCNC(=O)c1cccc(Br)c1. The first-order valence-corrected chi connectivity index (χ1v) is 7.14. The highest BCUT2D eigenvalue weighted by Crippen LogP contribution is 2.11. The highest BCUT2D eigenvalue weighted by atomic mass is 79.9. The van der Waals surface area contributed by atoms with Crippen molar-refractivity contribution in [2.45, 2.75) is 32.1 Å². The number of hydrogen-bond acceptors (Lipinski definition) is 2. The maximum absolute atomic E-state index is 11.8. The van der Waals surface area contributed by atoms with Crippen molar-refractivity contribution in [3.05, 3.63) is 34.3 Å². The Hall–Kier alpha value is -1.36. The highest BCUT2D eigenvalue weighted by molar-refractivity contribution is 9.10. The quantitative estimate of drug-likeness (QED) is 0.720. The summed E-state index contributed by atoms with van der Waals surface area (Å²) >= 11 is 3.32. The van der Waals surface area contributed by atoms with Gasteiger partial charge in [-0.3, -0.25) is 9.59 Å². The molecule has 0 heterocycles. The molecule has 0 radical (unpaired) electrons. The first-order chi connectivity index (χ1) is 9.09. The minimum Gasteiger partial charge on any atom is -0.481 e. The van der Waals surface area contributed by atoms with Crippen molar-refractivity contribution in [1.82, 2.24) is 5.32 Å². The Labute approximate surface area is 121 Å². The van der Waals surface area contributed by atoms with Crippen LogP contribution in [0.5, 0.6) is 0 Å². The van der Waals surface area contributed by atoms with Crippen LogP contribution >= 0.6 is 15.9 Å². The highest BCUT2D eigenvalue weighted by Gasteiger charge is 2.04. The number of aliphatic carboxylic acids is 1. The van der Waals surface area contributed by atoms with E-state index < -0.39 is 5.97 Å². The molecule has 0 saturated heterocycles. The molecule has 0 bridgehead atoms. The van der Waals surface area contributed by atoms with E-state index in [1.165, 1.54) is 0 Å². The van der Waals surface area contributed by atoms with Gasteiger partial charge < -0.3 is 10.4 Å². The zero-order chi connectivity index (χ0) is 14.1. The van der Waals surface area contributed by atoms with Gasteiger partial charge in [0.25, 0.3) is 5.91 Å². The van der Waals surface area contributed by atoms with Gasteiger partial charge in [0.1, 0.15) is 0 Å². The standard InChI is InChI=1S/C14H18BrNO3/c15-12-7-5-6-11(10-12)14(19)16-9-4-2-1-3-8-13(17)18/h5-7,10H,1-4,8-9H2,(H,16,19)(H,17,18). The van der Waals surface area contributed by atoms with Crippen LogP contribution in [0.15, 0.2) is 28.7 Å². The molecular weight excluding hydrogens is 310 g/mol. The molecule has 0 aliphatic heterocycles. The molecule has 1 amide bonds. The van der Waals surface area contributed by atoms with Crippen LogP contribution in [0.3, 0.4) is 0 Å². The molecule has 0 unspecified atom stereocenters. The Morgan fingerprint density at radius 2 is 1.89 bits per heavy atom. The van der Waals surface area contributed by atoms with Crippen molar-refractivity contribution in [3.8, 4) is 0 Å². The fourth-order valence-electron chi connectivity index (χ4n) is 1.69. The van der Waals surface area contributed by atoms with Crippen molar-refractivity contribution < 1.29 is 14.7 Å². The zero-order valence-electron chi connectivity index (χ0n) is 10.7. The van der Waals surface area contributed by atoms with Crippen molar-refractivity contribution >= 4 is 27.8 Å².